The van der Waals surface area contributed by atoms with E-state index in [1.807, 2.05) is 0 Å². The van der Waals surface area contributed by atoms with Crippen LogP contribution in [0, 0.1) is 10.1 Å². The summed E-state index contributed by atoms with van der Waals surface area (Å²) in [5.74, 6) is 0. The highest BCUT2D eigenvalue weighted by molar-refractivity contribution is 8.02. The van der Waals surface area contributed by atoms with Crippen molar-refractivity contribution in [3.8, 4) is 0 Å². The summed E-state index contributed by atoms with van der Waals surface area (Å²) in [6.45, 7) is 1.58. The smallest absolute Gasteiger partial charge is 0.294 e. The van der Waals surface area contributed by atoms with Crippen molar-refractivity contribution in [1.82, 2.24) is 10.2 Å². The first-order valence-electron chi connectivity index (χ1n) is 4.48. The zero-order chi connectivity index (χ0) is 12.4. The standard InChI is InChI=1S/C8H7N3O3S3/c1-4(12)6-2-5(11(13)14)7(16-6)17-8-10-9-3-15-8/h2-4,12H,1H3/t4-/m0/s1. The molecular formula is C8H7N3O3S3. The second kappa shape index (κ2) is 5.08. The molecule has 9 heteroatoms. The Morgan fingerprint density at radius 3 is 2.94 bits per heavy atom. The number of aliphatic hydroxyl groups is 1. The fourth-order valence-electron chi connectivity index (χ4n) is 1.08. The van der Waals surface area contributed by atoms with Gasteiger partial charge < -0.3 is 5.11 Å². The number of nitrogens with zero attached hydrogens (tertiary/aromatic N) is 3. The average Bonchev–Trinajstić information content (AvgIpc) is 2.87. The van der Waals surface area contributed by atoms with Crippen LogP contribution in [0.15, 0.2) is 20.1 Å². The molecule has 0 amide bonds. The van der Waals surface area contributed by atoms with Gasteiger partial charge in [-0.3, -0.25) is 10.1 Å². The third-order valence-corrected chi connectivity index (χ3v) is 5.09. The van der Waals surface area contributed by atoms with Crippen LogP contribution in [0.4, 0.5) is 5.69 Å². The van der Waals surface area contributed by atoms with Crippen LogP contribution in [-0.4, -0.2) is 20.2 Å². The van der Waals surface area contributed by atoms with Crippen LogP contribution in [0.5, 0.6) is 0 Å². The molecule has 0 saturated heterocycles. The quantitative estimate of drug-likeness (QED) is 0.687. The van der Waals surface area contributed by atoms with Crippen molar-refractivity contribution in [3.63, 3.8) is 0 Å². The molecule has 0 bridgehead atoms. The van der Waals surface area contributed by atoms with E-state index in [4.69, 9.17) is 0 Å². The third kappa shape index (κ3) is 2.80. The Morgan fingerprint density at radius 2 is 2.41 bits per heavy atom. The summed E-state index contributed by atoms with van der Waals surface area (Å²) < 4.78 is 1.16. The molecule has 1 atom stereocenters. The van der Waals surface area contributed by atoms with E-state index in [2.05, 4.69) is 10.2 Å². The van der Waals surface area contributed by atoms with Crippen LogP contribution in [-0.2, 0) is 0 Å². The monoisotopic (exact) mass is 289 g/mol. The van der Waals surface area contributed by atoms with Crippen molar-refractivity contribution in [3.05, 3.63) is 26.6 Å². The Morgan fingerprint density at radius 1 is 1.65 bits per heavy atom. The minimum absolute atomic E-state index is 0.00565. The maximum Gasteiger partial charge on any atom is 0.294 e. The zero-order valence-corrected chi connectivity index (χ0v) is 11.0. The van der Waals surface area contributed by atoms with Gasteiger partial charge in [0.15, 0.2) is 4.34 Å². The van der Waals surface area contributed by atoms with Gasteiger partial charge in [0.05, 0.1) is 11.0 Å². The van der Waals surface area contributed by atoms with E-state index in [0.29, 0.717) is 13.4 Å². The maximum atomic E-state index is 10.9. The summed E-state index contributed by atoms with van der Waals surface area (Å²) in [5.41, 5.74) is 1.57. The summed E-state index contributed by atoms with van der Waals surface area (Å²) in [6, 6.07) is 1.40. The Bertz CT molecular complexity index is 523. The lowest BCUT2D eigenvalue weighted by atomic mass is 10.3. The van der Waals surface area contributed by atoms with Gasteiger partial charge in [-0.2, -0.15) is 0 Å². The normalized spacial score (nSPS) is 12.6. The van der Waals surface area contributed by atoms with Gasteiger partial charge in [-0.25, -0.2) is 0 Å². The zero-order valence-electron chi connectivity index (χ0n) is 8.56. The van der Waals surface area contributed by atoms with Crippen LogP contribution < -0.4 is 0 Å². The average molecular weight is 289 g/mol. The molecule has 2 aromatic rings. The van der Waals surface area contributed by atoms with Gasteiger partial charge in [0, 0.05) is 10.9 Å². The number of aromatic nitrogens is 2. The predicted molar refractivity (Wildman–Crippen MR) is 65.6 cm³/mol. The third-order valence-electron chi connectivity index (χ3n) is 1.83. The largest absolute Gasteiger partial charge is 0.388 e. The molecule has 0 aliphatic rings. The van der Waals surface area contributed by atoms with Crippen molar-refractivity contribution in [2.24, 2.45) is 0 Å². The summed E-state index contributed by atoms with van der Waals surface area (Å²) in [5, 5.41) is 27.8. The first-order chi connectivity index (χ1) is 8.08. The molecule has 90 valence electrons. The van der Waals surface area contributed by atoms with Gasteiger partial charge in [0.25, 0.3) is 5.69 Å². The molecule has 0 aliphatic carbocycles. The lowest BCUT2D eigenvalue weighted by Crippen LogP contribution is -1.87. The second-order valence-electron chi connectivity index (χ2n) is 3.06. The highest BCUT2D eigenvalue weighted by Gasteiger charge is 2.22. The Balaban J connectivity index is 2.34. The van der Waals surface area contributed by atoms with Crippen molar-refractivity contribution in [1.29, 1.82) is 0 Å². The number of rotatable bonds is 4. The first kappa shape index (κ1) is 12.4. The number of thiophene rings is 1. The van der Waals surface area contributed by atoms with E-state index >= 15 is 0 Å². The second-order valence-corrected chi connectivity index (χ2v) is 6.49. The fraction of sp³-hybridized carbons (Fsp3) is 0.250. The van der Waals surface area contributed by atoms with Gasteiger partial charge in [-0.15, -0.1) is 21.5 Å². The Kier molecular flexibility index (Phi) is 3.72. The van der Waals surface area contributed by atoms with Crippen LogP contribution in [0.2, 0.25) is 0 Å². The number of nitro groups is 1. The van der Waals surface area contributed by atoms with E-state index in [1.54, 1.807) is 12.4 Å². The molecule has 2 rings (SSSR count). The molecule has 0 aliphatic heterocycles. The van der Waals surface area contributed by atoms with E-state index in [9.17, 15) is 15.2 Å². The predicted octanol–water partition coefficient (Wildman–Crippen LogP) is 2.71. The molecule has 0 spiro atoms. The molecule has 1 N–H and O–H groups in total. The first-order valence-corrected chi connectivity index (χ1v) is 6.99. The Labute approximate surface area is 108 Å². The van der Waals surface area contributed by atoms with E-state index in [1.165, 1.54) is 40.5 Å². The lowest BCUT2D eigenvalue weighted by Gasteiger charge is -1.95. The van der Waals surface area contributed by atoms with Gasteiger partial charge in [-0.05, 0) is 18.7 Å². The summed E-state index contributed by atoms with van der Waals surface area (Å²) in [7, 11) is 0. The van der Waals surface area contributed by atoms with Crippen LogP contribution in [0.25, 0.3) is 0 Å². The number of hydrogen-bond donors (Lipinski definition) is 1. The van der Waals surface area contributed by atoms with E-state index < -0.39 is 11.0 Å². The molecule has 0 aromatic carbocycles. The highest BCUT2D eigenvalue weighted by atomic mass is 32.2. The SMILES string of the molecule is C[C@H](O)c1cc([N+](=O)[O-])c(Sc2nncs2)s1. The van der Waals surface area contributed by atoms with Crippen molar-refractivity contribution < 1.29 is 10.0 Å². The highest BCUT2D eigenvalue weighted by Crippen LogP contribution is 2.43. The van der Waals surface area contributed by atoms with Gasteiger partial charge in [0.2, 0.25) is 0 Å². The Hall–Kier alpha value is -1.03. The van der Waals surface area contributed by atoms with Gasteiger partial charge in [-0.1, -0.05) is 11.3 Å². The van der Waals surface area contributed by atoms with E-state index in [0.717, 1.165) is 0 Å². The fourth-order valence-corrected chi connectivity index (χ4v) is 4.05. The molecular weight excluding hydrogens is 282 g/mol. The molecule has 0 fully saturated rings. The van der Waals surface area contributed by atoms with Crippen molar-refractivity contribution >= 4 is 40.1 Å². The summed E-state index contributed by atoms with van der Waals surface area (Å²) in [6.07, 6.45) is -0.706. The van der Waals surface area contributed by atoms with Gasteiger partial charge in [0.1, 0.15) is 9.72 Å². The molecule has 6 nitrogen and oxygen atoms in total. The van der Waals surface area contributed by atoms with Crippen molar-refractivity contribution in [2.45, 2.75) is 21.6 Å². The summed E-state index contributed by atoms with van der Waals surface area (Å²) >= 11 is 3.72. The number of hydrogen-bond acceptors (Lipinski definition) is 8. The van der Waals surface area contributed by atoms with Crippen LogP contribution >= 0.6 is 34.4 Å². The van der Waals surface area contributed by atoms with Gasteiger partial charge >= 0.3 is 0 Å². The van der Waals surface area contributed by atoms with Crippen molar-refractivity contribution in [2.75, 3.05) is 0 Å². The topological polar surface area (TPSA) is 89.2 Å². The molecule has 17 heavy (non-hydrogen) atoms. The van der Waals surface area contributed by atoms with Crippen LogP contribution in [0.1, 0.15) is 17.9 Å². The lowest BCUT2D eigenvalue weighted by molar-refractivity contribution is -0.387. The van der Waals surface area contributed by atoms with Crippen LogP contribution in [0.3, 0.4) is 0 Å². The molecule has 0 saturated carbocycles. The minimum atomic E-state index is -0.706. The molecule has 0 radical (unpaired) electrons. The maximum absolute atomic E-state index is 10.9. The molecule has 2 heterocycles. The summed E-state index contributed by atoms with van der Waals surface area (Å²) in [4.78, 5) is 11.0. The molecule has 0 unspecified atom stereocenters. The molecule has 2 aromatic heterocycles. The van der Waals surface area contributed by atoms with E-state index in [-0.39, 0.29) is 5.69 Å². The minimum Gasteiger partial charge on any atom is -0.388 e. The number of aliphatic hydroxyl groups excluding tert-OH is 1.